The zero-order chi connectivity index (χ0) is 12.5. The van der Waals surface area contributed by atoms with E-state index in [2.05, 4.69) is 22.5 Å². The molecule has 0 aromatic rings. The highest BCUT2D eigenvalue weighted by molar-refractivity contribution is 5.77. The van der Waals surface area contributed by atoms with E-state index in [0.717, 1.165) is 19.0 Å². The van der Waals surface area contributed by atoms with E-state index in [1.54, 1.807) is 7.05 Å². The molecule has 0 radical (unpaired) electrons. The zero-order valence-electron chi connectivity index (χ0n) is 11.3. The number of nitrogens with zero attached hydrogens (tertiary/aromatic N) is 1. The number of likely N-dealkylation sites (N-methyl/N-ethyl adjacent to an activating group) is 1. The Morgan fingerprint density at radius 3 is 2.88 bits per heavy atom. The minimum absolute atomic E-state index is 0.0961. The summed E-state index contributed by atoms with van der Waals surface area (Å²) < 4.78 is 0. The number of carbonyl (C=O) groups is 1. The molecule has 100 valence electrons. The van der Waals surface area contributed by atoms with E-state index in [9.17, 15) is 4.79 Å². The van der Waals surface area contributed by atoms with Crippen LogP contribution >= 0.6 is 0 Å². The Bertz CT molecular complexity index is 221. The third-order valence-corrected chi connectivity index (χ3v) is 3.47. The van der Waals surface area contributed by atoms with Gasteiger partial charge < -0.3 is 15.5 Å². The lowest BCUT2D eigenvalue weighted by Gasteiger charge is -2.33. The van der Waals surface area contributed by atoms with Crippen LogP contribution in [0.2, 0.25) is 0 Å². The summed E-state index contributed by atoms with van der Waals surface area (Å²) in [5.74, 6) is 0.0961. The molecule has 1 heterocycles. The molecular formula is C13H27N3O. The van der Waals surface area contributed by atoms with Gasteiger partial charge in [-0.2, -0.15) is 0 Å². The lowest BCUT2D eigenvalue weighted by atomic mass is 10.0. The van der Waals surface area contributed by atoms with Crippen molar-refractivity contribution < 1.29 is 4.79 Å². The number of rotatable bonds is 7. The molecule has 17 heavy (non-hydrogen) atoms. The third-order valence-electron chi connectivity index (χ3n) is 3.47. The van der Waals surface area contributed by atoms with Gasteiger partial charge in [0.05, 0.1) is 6.54 Å². The zero-order valence-corrected chi connectivity index (χ0v) is 11.3. The molecule has 0 spiro atoms. The van der Waals surface area contributed by atoms with E-state index in [-0.39, 0.29) is 5.91 Å². The number of carbonyl (C=O) groups excluding carboxylic acids is 1. The molecular weight excluding hydrogens is 214 g/mol. The predicted octanol–water partition coefficient (Wildman–Crippen LogP) is 0.977. The molecule has 0 aliphatic carbocycles. The second-order valence-electron chi connectivity index (χ2n) is 4.97. The van der Waals surface area contributed by atoms with Gasteiger partial charge in [0, 0.05) is 12.6 Å². The molecule has 0 saturated carbocycles. The first-order valence-corrected chi connectivity index (χ1v) is 6.89. The maximum absolute atomic E-state index is 11.2. The van der Waals surface area contributed by atoms with Gasteiger partial charge in [-0.05, 0) is 52.7 Å². The number of piperidine rings is 1. The van der Waals surface area contributed by atoms with Gasteiger partial charge in [-0.15, -0.1) is 0 Å². The maximum atomic E-state index is 11.2. The predicted molar refractivity (Wildman–Crippen MR) is 71.1 cm³/mol. The highest BCUT2D eigenvalue weighted by Crippen LogP contribution is 2.16. The topological polar surface area (TPSA) is 44.4 Å². The smallest absolute Gasteiger partial charge is 0.233 e. The van der Waals surface area contributed by atoms with Gasteiger partial charge in [-0.3, -0.25) is 4.79 Å². The summed E-state index contributed by atoms with van der Waals surface area (Å²) in [6, 6.07) is 0.752. The van der Waals surface area contributed by atoms with Gasteiger partial charge in [-0.25, -0.2) is 0 Å². The Labute approximate surface area is 105 Å². The van der Waals surface area contributed by atoms with Crippen molar-refractivity contribution in [3.63, 3.8) is 0 Å². The van der Waals surface area contributed by atoms with Crippen molar-refractivity contribution in [3.8, 4) is 0 Å². The molecule has 0 bridgehead atoms. The Hall–Kier alpha value is -0.610. The van der Waals surface area contributed by atoms with Crippen molar-refractivity contribution in [3.05, 3.63) is 0 Å². The summed E-state index contributed by atoms with van der Waals surface area (Å²) in [5.41, 5.74) is 0. The van der Waals surface area contributed by atoms with Crippen molar-refractivity contribution in [1.82, 2.24) is 15.5 Å². The second-order valence-corrected chi connectivity index (χ2v) is 4.97. The van der Waals surface area contributed by atoms with Crippen LogP contribution in [0.3, 0.4) is 0 Å². The maximum Gasteiger partial charge on any atom is 0.233 e. The highest BCUT2D eigenvalue weighted by Gasteiger charge is 2.16. The van der Waals surface area contributed by atoms with Gasteiger partial charge in [0.15, 0.2) is 0 Å². The lowest BCUT2D eigenvalue weighted by Crippen LogP contribution is -2.38. The van der Waals surface area contributed by atoms with Crippen molar-refractivity contribution >= 4 is 5.91 Å². The second kappa shape index (κ2) is 8.48. The molecule has 0 aromatic carbocycles. The summed E-state index contributed by atoms with van der Waals surface area (Å²) >= 11 is 0. The van der Waals surface area contributed by atoms with Gasteiger partial charge in [0.1, 0.15) is 0 Å². The molecule has 2 N–H and O–H groups in total. The van der Waals surface area contributed by atoms with E-state index in [1.165, 1.54) is 38.8 Å². The third kappa shape index (κ3) is 6.03. The summed E-state index contributed by atoms with van der Waals surface area (Å²) in [7, 11) is 1.79. The Balaban J connectivity index is 1.98. The fraction of sp³-hybridized carbons (Fsp3) is 0.923. The quantitative estimate of drug-likeness (QED) is 0.653. The number of hydrogen-bond acceptors (Lipinski definition) is 3. The molecule has 1 aliphatic heterocycles. The van der Waals surface area contributed by atoms with Crippen LogP contribution < -0.4 is 10.6 Å². The average molecular weight is 241 g/mol. The first-order valence-electron chi connectivity index (χ1n) is 6.89. The van der Waals surface area contributed by atoms with Crippen LogP contribution in [0.15, 0.2) is 0 Å². The largest absolute Gasteiger partial charge is 0.355 e. The first-order chi connectivity index (χ1) is 8.24. The van der Waals surface area contributed by atoms with Gasteiger partial charge in [-0.1, -0.05) is 6.42 Å². The molecule has 1 aliphatic rings. The molecule has 4 heteroatoms. The lowest BCUT2D eigenvalue weighted by molar-refractivity contribution is -0.120. The molecule has 1 atom stereocenters. The summed E-state index contributed by atoms with van der Waals surface area (Å²) in [6.07, 6.45) is 6.35. The number of nitrogens with one attached hydrogen (secondary N) is 2. The number of unbranched alkanes of at least 4 members (excludes halogenated alkanes) is 1. The van der Waals surface area contributed by atoms with Crippen LogP contribution in [-0.2, 0) is 4.79 Å². The number of amides is 1. The fourth-order valence-corrected chi connectivity index (χ4v) is 2.38. The standard InChI is InChI=1S/C13H27N3O/c1-12-7-3-5-9-16(12)10-6-4-8-15-13(17)11-14-2/h12,14H,3-11H2,1-2H3,(H,15,17). The summed E-state index contributed by atoms with van der Waals surface area (Å²) in [4.78, 5) is 13.8. The Morgan fingerprint density at radius 1 is 1.35 bits per heavy atom. The van der Waals surface area contributed by atoms with Crippen molar-refractivity contribution in [2.24, 2.45) is 0 Å². The normalized spacial score (nSPS) is 21.4. The Kier molecular flexibility index (Phi) is 7.21. The fourth-order valence-electron chi connectivity index (χ4n) is 2.38. The molecule has 4 nitrogen and oxygen atoms in total. The number of hydrogen-bond donors (Lipinski definition) is 2. The van der Waals surface area contributed by atoms with E-state index < -0.39 is 0 Å². The molecule has 1 rings (SSSR count). The van der Waals surface area contributed by atoms with Gasteiger partial charge in [0.25, 0.3) is 0 Å². The van der Waals surface area contributed by atoms with Crippen LogP contribution in [-0.4, -0.2) is 50.1 Å². The van der Waals surface area contributed by atoms with Crippen LogP contribution in [0.1, 0.15) is 39.0 Å². The average Bonchev–Trinajstić information content (AvgIpc) is 2.31. The summed E-state index contributed by atoms with van der Waals surface area (Å²) in [6.45, 7) is 6.00. The Morgan fingerprint density at radius 2 is 2.18 bits per heavy atom. The van der Waals surface area contributed by atoms with Crippen LogP contribution in [0.4, 0.5) is 0 Å². The van der Waals surface area contributed by atoms with E-state index in [1.807, 2.05) is 0 Å². The van der Waals surface area contributed by atoms with E-state index in [0.29, 0.717) is 6.54 Å². The first kappa shape index (κ1) is 14.5. The van der Waals surface area contributed by atoms with Crippen molar-refractivity contribution in [2.75, 3.05) is 33.2 Å². The summed E-state index contributed by atoms with van der Waals surface area (Å²) in [5, 5.41) is 5.76. The molecule has 0 aromatic heterocycles. The van der Waals surface area contributed by atoms with E-state index in [4.69, 9.17) is 0 Å². The molecule has 1 fully saturated rings. The van der Waals surface area contributed by atoms with Gasteiger partial charge in [0.2, 0.25) is 5.91 Å². The number of likely N-dealkylation sites (tertiary alicyclic amines) is 1. The highest BCUT2D eigenvalue weighted by atomic mass is 16.1. The minimum atomic E-state index is 0.0961. The van der Waals surface area contributed by atoms with E-state index >= 15 is 0 Å². The molecule has 1 saturated heterocycles. The molecule has 1 unspecified atom stereocenters. The van der Waals surface area contributed by atoms with Gasteiger partial charge >= 0.3 is 0 Å². The minimum Gasteiger partial charge on any atom is -0.355 e. The van der Waals surface area contributed by atoms with Crippen LogP contribution in [0.5, 0.6) is 0 Å². The monoisotopic (exact) mass is 241 g/mol. The van der Waals surface area contributed by atoms with Crippen molar-refractivity contribution in [1.29, 1.82) is 0 Å². The van der Waals surface area contributed by atoms with Crippen LogP contribution in [0.25, 0.3) is 0 Å². The van der Waals surface area contributed by atoms with Crippen molar-refractivity contribution in [2.45, 2.75) is 45.1 Å². The SMILES string of the molecule is CNCC(=O)NCCCCN1CCCCC1C. The molecule has 1 amide bonds. The van der Waals surface area contributed by atoms with Crippen LogP contribution in [0, 0.1) is 0 Å².